The number of nitrogens with one attached hydrogen (secondary N) is 1. The van der Waals surface area contributed by atoms with E-state index in [2.05, 4.69) is 26.7 Å². The lowest BCUT2D eigenvalue weighted by molar-refractivity contribution is 0.110. The van der Waals surface area contributed by atoms with Crippen molar-refractivity contribution in [3.05, 3.63) is 47.8 Å². The normalized spacial score (nSPS) is 25.3. The van der Waals surface area contributed by atoms with Gasteiger partial charge in [-0.3, -0.25) is 4.90 Å². The quantitative estimate of drug-likeness (QED) is 0.678. The summed E-state index contributed by atoms with van der Waals surface area (Å²) in [7, 11) is 0. The number of fused-ring (bicyclic) bond motifs is 1. The standard InChI is InChI=1S/C21H29FN4O2/c1-16-20(24-15-23-16)11-26-10-17-9-25(12-21(17,13-26)14-27)7-2-8-28-19-5-3-18(22)4-6-19/h3-6,15,17,27H,2,7-14H2,1H3,(H,23,24). The number of H-pyrrole nitrogens is 1. The summed E-state index contributed by atoms with van der Waals surface area (Å²) in [5.41, 5.74) is 2.20. The number of aromatic nitrogens is 2. The molecule has 152 valence electrons. The zero-order chi connectivity index (χ0) is 19.6. The van der Waals surface area contributed by atoms with Crippen LogP contribution in [0.1, 0.15) is 17.8 Å². The molecule has 0 spiro atoms. The Morgan fingerprint density at radius 3 is 2.68 bits per heavy atom. The van der Waals surface area contributed by atoms with E-state index in [9.17, 15) is 9.50 Å². The number of aryl methyl sites for hydroxylation is 1. The largest absolute Gasteiger partial charge is 0.494 e. The first kappa shape index (κ1) is 19.4. The van der Waals surface area contributed by atoms with Crippen LogP contribution in [0.4, 0.5) is 4.39 Å². The van der Waals surface area contributed by atoms with Gasteiger partial charge in [-0.15, -0.1) is 0 Å². The fraction of sp³-hybridized carbons (Fsp3) is 0.571. The van der Waals surface area contributed by atoms with E-state index in [4.69, 9.17) is 4.74 Å². The molecular formula is C21H29FN4O2. The third-order valence-corrected chi connectivity index (χ3v) is 6.22. The Morgan fingerprint density at radius 1 is 1.25 bits per heavy atom. The molecule has 1 aromatic heterocycles. The number of aromatic amines is 1. The minimum Gasteiger partial charge on any atom is -0.494 e. The third-order valence-electron chi connectivity index (χ3n) is 6.22. The lowest BCUT2D eigenvalue weighted by Gasteiger charge is -2.27. The van der Waals surface area contributed by atoms with Gasteiger partial charge in [-0.2, -0.15) is 0 Å². The topological polar surface area (TPSA) is 64.6 Å². The molecule has 2 aliphatic heterocycles. The molecule has 2 aromatic rings. The highest BCUT2D eigenvalue weighted by Crippen LogP contribution is 2.42. The maximum Gasteiger partial charge on any atom is 0.123 e. The zero-order valence-electron chi connectivity index (χ0n) is 16.4. The molecule has 0 bridgehead atoms. The van der Waals surface area contributed by atoms with Crippen LogP contribution in [0.5, 0.6) is 5.75 Å². The molecule has 4 rings (SSSR count). The van der Waals surface area contributed by atoms with E-state index in [1.807, 2.05) is 0 Å². The van der Waals surface area contributed by atoms with Crippen molar-refractivity contribution in [1.29, 1.82) is 0 Å². The SMILES string of the molecule is Cc1[nH]cnc1CN1CC2CN(CCCOc3ccc(F)cc3)CC2(CO)C1. The van der Waals surface area contributed by atoms with Crippen molar-refractivity contribution in [3.63, 3.8) is 0 Å². The summed E-state index contributed by atoms with van der Waals surface area (Å²) < 4.78 is 18.6. The molecule has 2 aliphatic rings. The van der Waals surface area contributed by atoms with Crippen molar-refractivity contribution in [2.75, 3.05) is 45.9 Å². The van der Waals surface area contributed by atoms with Gasteiger partial charge in [-0.25, -0.2) is 9.37 Å². The van der Waals surface area contributed by atoms with Crippen LogP contribution in [-0.2, 0) is 6.54 Å². The number of benzene rings is 1. The molecule has 2 fully saturated rings. The van der Waals surface area contributed by atoms with Gasteiger partial charge < -0.3 is 19.7 Å². The predicted octanol–water partition coefficient (Wildman–Crippen LogP) is 2.05. The molecule has 1 aromatic carbocycles. The molecule has 2 N–H and O–H groups in total. The van der Waals surface area contributed by atoms with Gasteiger partial charge in [0.25, 0.3) is 0 Å². The molecule has 0 aliphatic carbocycles. The maximum absolute atomic E-state index is 12.9. The number of likely N-dealkylation sites (tertiary alicyclic amines) is 2. The lowest BCUT2D eigenvalue weighted by atomic mass is 9.82. The van der Waals surface area contributed by atoms with E-state index >= 15 is 0 Å². The van der Waals surface area contributed by atoms with Gasteiger partial charge in [0.1, 0.15) is 11.6 Å². The highest BCUT2D eigenvalue weighted by atomic mass is 19.1. The summed E-state index contributed by atoms with van der Waals surface area (Å²) in [5, 5.41) is 10.2. The van der Waals surface area contributed by atoms with Crippen molar-refractivity contribution < 1.29 is 14.2 Å². The van der Waals surface area contributed by atoms with Crippen LogP contribution in [0.25, 0.3) is 0 Å². The van der Waals surface area contributed by atoms with E-state index in [-0.39, 0.29) is 17.8 Å². The molecule has 2 saturated heterocycles. The number of imidazole rings is 1. The molecular weight excluding hydrogens is 359 g/mol. The first-order valence-corrected chi connectivity index (χ1v) is 10.0. The smallest absolute Gasteiger partial charge is 0.123 e. The highest BCUT2D eigenvalue weighted by Gasteiger charge is 2.51. The number of ether oxygens (including phenoxy) is 1. The van der Waals surface area contributed by atoms with Gasteiger partial charge in [-0.05, 0) is 43.5 Å². The van der Waals surface area contributed by atoms with E-state index in [1.54, 1.807) is 18.5 Å². The van der Waals surface area contributed by atoms with E-state index in [1.165, 1.54) is 12.1 Å². The summed E-state index contributed by atoms with van der Waals surface area (Å²) in [6, 6.07) is 6.15. The Morgan fingerprint density at radius 2 is 2.00 bits per heavy atom. The third kappa shape index (κ3) is 4.06. The van der Waals surface area contributed by atoms with Gasteiger partial charge in [0, 0.05) is 50.4 Å². The van der Waals surface area contributed by atoms with Crippen LogP contribution < -0.4 is 4.74 Å². The molecule has 28 heavy (non-hydrogen) atoms. The summed E-state index contributed by atoms with van der Waals surface area (Å²) in [6.07, 6.45) is 2.67. The number of aliphatic hydroxyl groups excluding tert-OH is 1. The Labute approximate surface area is 165 Å². The molecule has 6 nitrogen and oxygen atoms in total. The van der Waals surface area contributed by atoms with Crippen molar-refractivity contribution >= 4 is 0 Å². The molecule has 7 heteroatoms. The lowest BCUT2D eigenvalue weighted by Crippen LogP contribution is -2.37. The number of rotatable bonds is 8. The highest BCUT2D eigenvalue weighted by molar-refractivity contribution is 5.22. The first-order chi connectivity index (χ1) is 13.6. The monoisotopic (exact) mass is 388 g/mol. The molecule has 2 atom stereocenters. The molecule has 0 radical (unpaired) electrons. The van der Waals surface area contributed by atoms with Crippen LogP contribution in [0.2, 0.25) is 0 Å². The Hall–Kier alpha value is -1.96. The Kier molecular flexibility index (Phi) is 5.66. The molecule has 2 unspecified atom stereocenters. The van der Waals surface area contributed by atoms with Crippen LogP contribution in [-0.4, -0.2) is 70.8 Å². The van der Waals surface area contributed by atoms with Crippen molar-refractivity contribution in [2.45, 2.75) is 19.9 Å². The Bertz CT molecular complexity index is 781. The number of hydrogen-bond donors (Lipinski definition) is 2. The van der Waals surface area contributed by atoms with Crippen molar-refractivity contribution in [3.8, 4) is 5.75 Å². The van der Waals surface area contributed by atoms with Gasteiger partial charge in [0.2, 0.25) is 0 Å². The second-order valence-electron chi connectivity index (χ2n) is 8.25. The van der Waals surface area contributed by atoms with Crippen LogP contribution in [0.15, 0.2) is 30.6 Å². The zero-order valence-corrected chi connectivity index (χ0v) is 16.4. The average Bonchev–Trinajstić information content (AvgIpc) is 3.33. The van der Waals surface area contributed by atoms with E-state index in [0.717, 1.165) is 57.1 Å². The predicted molar refractivity (Wildman–Crippen MR) is 105 cm³/mol. The first-order valence-electron chi connectivity index (χ1n) is 10.0. The van der Waals surface area contributed by atoms with Gasteiger partial charge >= 0.3 is 0 Å². The molecule has 0 amide bonds. The Balaban J connectivity index is 1.24. The number of halogens is 1. The van der Waals surface area contributed by atoms with Gasteiger partial charge in [0.15, 0.2) is 0 Å². The summed E-state index contributed by atoms with van der Waals surface area (Å²) in [4.78, 5) is 12.4. The van der Waals surface area contributed by atoms with Gasteiger partial charge in [-0.1, -0.05) is 0 Å². The van der Waals surface area contributed by atoms with Gasteiger partial charge in [0.05, 0.1) is 25.2 Å². The van der Waals surface area contributed by atoms with Crippen LogP contribution in [0, 0.1) is 24.1 Å². The number of hydrogen-bond acceptors (Lipinski definition) is 5. The minimum atomic E-state index is -0.248. The molecule has 0 saturated carbocycles. The van der Waals surface area contributed by atoms with Crippen LogP contribution in [0.3, 0.4) is 0 Å². The van der Waals surface area contributed by atoms with Crippen molar-refractivity contribution in [1.82, 2.24) is 19.8 Å². The fourth-order valence-electron chi connectivity index (χ4n) is 4.68. The fourth-order valence-corrected chi connectivity index (χ4v) is 4.68. The minimum absolute atomic E-state index is 0.0258. The molecule has 3 heterocycles. The second-order valence-corrected chi connectivity index (χ2v) is 8.25. The van der Waals surface area contributed by atoms with Crippen molar-refractivity contribution in [2.24, 2.45) is 11.3 Å². The van der Waals surface area contributed by atoms with Crippen LogP contribution >= 0.6 is 0 Å². The van der Waals surface area contributed by atoms with E-state index < -0.39 is 0 Å². The second kappa shape index (κ2) is 8.19. The number of nitrogens with zero attached hydrogens (tertiary/aromatic N) is 3. The summed E-state index contributed by atoms with van der Waals surface area (Å²) >= 11 is 0. The average molecular weight is 388 g/mol. The van der Waals surface area contributed by atoms with E-state index in [0.29, 0.717) is 18.3 Å². The summed E-state index contributed by atoms with van der Waals surface area (Å²) in [6.45, 7) is 8.58. The maximum atomic E-state index is 12.9. The summed E-state index contributed by atoms with van der Waals surface area (Å²) in [5.74, 6) is 0.951. The number of aliphatic hydroxyl groups is 1.